The number of unbranched alkanes of at least 4 members (excludes halogenated alkanes) is 16. The fourth-order valence-corrected chi connectivity index (χ4v) is 6.22. The van der Waals surface area contributed by atoms with Crippen LogP contribution in [-0.2, 0) is 5.41 Å². The fraction of sp³-hybridized carbons (Fsp3) is 0.526. The average Bonchev–Trinajstić information content (AvgIpc) is 2.98. The molecule has 38 heavy (non-hydrogen) atoms. The second kappa shape index (κ2) is 18.8. The first kappa shape index (κ1) is 30.2. The van der Waals surface area contributed by atoms with Crippen molar-refractivity contribution >= 4 is 0 Å². The van der Waals surface area contributed by atoms with E-state index in [9.17, 15) is 0 Å². The van der Waals surface area contributed by atoms with Gasteiger partial charge in [-0.15, -0.1) is 0 Å². The Kier molecular flexibility index (Phi) is 15.0. The molecular weight excluding hydrogens is 456 g/mol. The summed E-state index contributed by atoms with van der Waals surface area (Å²) in [6.07, 6.45) is 25.2. The van der Waals surface area contributed by atoms with Crippen molar-refractivity contribution < 1.29 is 0 Å². The molecule has 206 valence electrons. The lowest BCUT2D eigenvalue weighted by Crippen LogP contribution is -2.29. The molecule has 0 aliphatic heterocycles. The van der Waals surface area contributed by atoms with Gasteiger partial charge in [-0.2, -0.15) is 0 Å². The van der Waals surface area contributed by atoms with Gasteiger partial charge in [0.1, 0.15) is 0 Å². The first-order chi connectivity index (χ1) is 18.9. The summed E-state index contributed by atoms with van der Waals surface area (Å²) in [4.78, 5) is 0. The molecule has 0 heterocycles. The van der Waals surface area contributed by atoms with E-state index in [-0.39, 0.29) is 5.41 Å². The summed E-state index contributed by atoms with van der Waals surface area (Å²) in [5, 5.41) is 0. The number of hydrogen-bond donors (Lipinski definition) is 0. The van der Waals surface area contributed by atoms with Crippen molar-refractivity contribution in [1.29, 1.82) is 0 Å². The highest BCUT2D eigenvalue weighted by Crippen LogP contribution is 2.43. The SMILES string of the molecule is CCCCCCCCCCCCCCCCCCCC(c1ccccc1)(c1ccccc1)c1ccccc1. The molecule has 0 nitrogen and oxygen atoms in total. The highest BCUT2D eigenvalue weighted by atomic mass is 14.4. The fourth-order valence-electron chi connectivity index (χ4n) is 6.22. The first-order valence-electron chi connectivity index (χ1n) is 16.0. The monoisotopic (exact) mass is 510 g/mol. The van der Waals surface area contributed by atoms with Gasteiger partial charge in [-0.1, -0.05) is 207 Å². The van der Waals surface area contributed by atoms with Gasteiger partial charge in [0.25, 0.3) is 0 Å². The molecule has 0 N–H and O–H groups in total. The van der Waals surface area contributed by atoms with Crippen LogP contribution in [0.4, 0.5) is 0 Å². The average molecular weight is 511 g/mol. The third-order valence-corrected chi connectivity index (χ3v) is 8.46. The molecule has 0 unspecified atom stereocenters. The van der Waals surface area contributed by atoms with Gasteiger partial charge in [0.05, 0.1) is 0 Å². The van der Waals surface area contributed by atoms with E-state index in [0.29, 0.717) is 0 Å². The number of benzene rings is 3. The van der Waals surface area contributed by atoms with Crippen LogP contribution in [0.1, 0.15) is 139 Å². The molecule has 0 saturated carbocycles. The van der Waals surface area contributed by atoms with E-state index in [2.05, 4.69) is 97.9 Å². The molecule has 0 fully saturated rings. The maximum Gasteiger partial charge on any atom is 0.0451 e. The number of rotatable bonds is 21. The van der Waals surface area contributed by atoms with Gasteiger partial charge in [-0.05, 0) is 23.1 Å². The molecule has 0 radical (unpaired) electrons. The molecule has 0 aromatic heterocycles. The Morgan fingerprint density at radius 2 is 0.605 bits per heavy atom. The minimum Gasteiger partial charge on any atom is -0.0654 e. The standard InChI is InChI=1S/C38H54/c1-2-3-4-5-6-7-8-9-10-11-12-13-14-15-16-17-27-34-38(35-28-21-18-22-29-35,36-30-23-19-24-31-36)37-32-25-20-26-33-37/h18-26,28-33H,2-17,27,34H2,1H3. The summed E-state index contributed by atoms with van der Waals surface area (Å²) in [6, 6.07) is 33.6. The molecule has 0 saturated heterocycles. The Morgan fingerprint density at radius 1 is 0.342 bits per heavy atom. The van der Waals surface area contributed by atoms with Crippen molar-refractivity contribution in [3.63, 3.8) is 0 Å². The molecule has 0 aliphatic rings. The van der Waals surface area contributed by atoms with Crippen LogP contribution in [0.5, 0.6) is 0 Å². The lowest BCUT2D eigenvalue weighted by molar-refractivity contribution is 0.491. The Hall–Kier alpha value is -2.34. The van der Waals surface area contributed by atoms with Crippen molar-refractivity contribution in [2.75, 3.05) is 0 Å². The molecule has 0 aliphatic carbocycles. The summed E-state index contributed by atoms with van der Waals surface area (Å²) >= 11 is 0. The van der Waals surface area contributed by atoms with E-state index in [1.54, 1.807) is 0 Å². The Bertz CT molecular complexity index is 831. The Labute approximate surface area is 235 Å². The second-order valence-electron chi connectivity index (χ2n) is 11.4. The third-order valence-electron chi connectivity index (χ3n) is 8.46. The molecule has 3 aromatic carbocycles. The van der Waals surface area contributed by atoms with E-state index in [1.807, 2.05) is 0 Å². The lowest BCUT2D eigenvalue weighted by atomic mass is 9.66. The van der Waals surface area contributed by atoms with Crippen LogP contribution in [0.15, 0.2) is 91.0 Å². The van der Waals surface area contributed by atoms with Gasteiger partial charge in [0.2, 0.25) is 0 Å². The zero-order chi connectivity index (χ0) is 26.6. The Balaban J connectivity index is 1.38. The highest BCUT2D eigenvalue weighted by molar-refractivity contribution is 5.50. The van der Waals surface area contributed by atoms with Crippen LogP contribution >= 0.6 is 0 Å². The molecule has 0 heteroatoms. The van der Waals surface area contributed by atoms with Crippen molar-refractivity contribution in [2.24, 2.45) is 0 Å². The van der Waals surface area contributed by atoms with Crippen LogP contribution in [0, 0.1) is 0 Å². The minimum atomic E-state index is -0.0840. The summed E-state index contributed by atoms with van der Waals surface area (Å²) in [5.41, 5.74) is 4.15. The van der Waals surface area contributed by atoms with E-state index in [1.165, 1.54) is 126 Å². The summed E-state index contributed by atoms with van der Waals surface area (Å²) in [6.45, 7) is 2.30. The summed E-state index contributed by atoms with van der Waals surface area (Å²) in [7, 11) is 0. The van der Waals surface area contributed by atoms with Gasteiger partial charge in [0.15, 0.2) is 0 Å². The Morgan fingerprint density at radius 3 is 0.895 bits per heavy atom. The van der Waals surface area contributed by atoms with Crippen LogP contribution in [0.3, 0.4) is 0 Å². The molecular formula is C38H54. The number of hydrogen-bond acceptors (Lipinski definition) is 0. The van der Waals surface area contributed by atoms with Crippen molar-refractivity contribution in [3.8, 4) is 0 Å². The zero-order valence-corrected chi connectivity index (χ0v) is 24.4. The second-order valence-corrected chi connectivity index (χ2v) is 11.4. The van der Waals surface area contributed by atoms with Crippen LogP contribution < -0.4 is 0 Å². The normalized spacial score (nSPS) is 11.6. The van der Waals surface area contributed by atoms with Crippen molar-refractivity contribution in [3.05, 3.63) is 108 Å². The molecule has 3 rings (SSSR count). The first-order valence-corrected chi connectivity index (χ1v) is 16.0. The van der Waals surface area contributed by atoms with Gasteiger partial charge in [-0.3, -0.25) is 0 Å². The lowest BCUT2D eigenvalue weighted by Gasteiger charge is -2.36. The predicted octanol–water partition coefficient (Wildman–Crippen LogP) is 12.1. The van der Waals surface area contributed by atoms with E-state index in [4.69, 9.17) is 0 Å². The van der Waals surface area contributed by atoms with Crippen LogP contribution in [0.2, 0.25) is 0 Å². The summed E-state index contributed by atoms with van der Waals surface area (Å²) in [5.74, 6) is 0. The molecule has 0 bridgehead atoms. The highest BCUT2D eigenvalue weighted by Gasteiger charge is 2.35. The van der Waals surface area contributed by atoms with Crippen molar-refractivity contribution in [2.45, 2.75) is 128 Å². The molecule has 0 spiro atoms. The minimum absolute atomic E-state index is 0.0840. The quantitative estimate of drug-likeness (QED) is 0.0987. The van der Waals surface area contributed by atoms with Crippen LogP contribution in [-0.4, -0.2) is 0 Å². The van der Waals surface area contributed by atoms with Gasteiger partial charge >= 0.3 is 0 Å². The van der Waals surface area contributed by atoms with Gasteiger partial charge in [-0.25, -0.2) is 0 Å². The topological polar surface area (TPSA) is 0 Å². The molecule has 0 atom stereocenters. The van der Waals surface area contributed by atoms with E-state index >= 15 is 0 Å². The van der Waals surface area contributed by atoms with Crippen LogP contribution in [0.25, 0.3) is 0 Å². The third kappa shape index (κ3) is 10.1. The smallest absolute Gasteiger partial charge is 0.0451 e. The maximum atomic E-state index is 2.33. The van der Waals surface area contributed by atoms with Gasteiger partial charge in [0, 0.05) is 5.41 Å². The van der Waals surface area contributed by atoms with Gasteiger partial charge < -0.3 is 0 Å². The molecule has 3 aromatic rings. The van der Waals surface area contributed by atoms with E-state index < -0.39 is 0 Å². The summed E-state index contributed by atoms with van der Waals surface area (Å²) < 4.78 is 0. The maximum absolute atomic E-state index is 2.33. The largest absolute Gasteiger partial charge is 0.0654 e. The van der Waals surface area contributed by atoms with Crippen molar-refractivity contribution in [1.82, 2.24) is 0 Å². The zero-order valence-electron chi connectivity index (χ0n) is 24.4. The molecule has 0 amide bonds. The predicted molar refractivity (Wildman–Crippen MR) is 168 cm³/mol. The van der Waals surface area contributed by atoms with E-state index in [0.717, 1.165) is 6.42 Å².